The van der Waals surface area contributed by atoms with Crippen LogP contribution < -0.4 is 0 Å². The van der Waals surface area contributed by atoms with Crippen molar-refractivity contribution in [3.8, 4) is 0 Å². The molecule has 0 N–H and O–H groups in total. The molecule has 33 heavy (non-hydrogen) atoms. The Morgan fingerprint density at radius 1 is 1.06 bits per heavy atom. The predicted molar refractivity (Wildman–Crippen MR) is 123 cm³/mol. The minimum Gasteiger partial charge on any atom is -0.467 e. The molecule has 0 amide bonds. The van der Waals surface area contributed by atoms with Gasteiger partial charge in [0.1, 0.15) is 5.76 Å². The standard InChI is InChI=1S/C24H28N2O6S/c1-5-25(6-2)33(29,30)21-11-7-9-19(14-21)24(28)32-16-23(27)22-13-17(3)26(18(22)4)15-20-10-8-12-31-20/h7-14H,5-6,15-16H2,1-4H3. The number of nitrogens with zero attached hydrogens (tertiary/aromatic N) is 2. The van der Waals surface area contributed by atoms with Gasteiger partial charge in [-0.2, -0.15) is 4.31 Å². The van der Waals surface area contributed by atoms with E-state index in [1.165, 1.54) is 28.6 Å². The molecule has 9 heteroatoms. The summed E-state index contributed by atoms with van der Waals surface area (Å²) in [6, 6.07) is 11.1. The van der Waals surface area contributed by atoms with Crippen molar-refractivity contribution in [3.63, 3.8) is 0 Å². The van der Waals surface area contributed by atoms with Gasteiger partial charge >= 0.3 is 5.97 Å². The fourth-order valence-corrected chi connectivity index (χ4v) is 5.18. The summed E-state index contributed by atoms with van der Waals surface area (Å²) in [7, 11) is -3.71. The van der Waals surface area contributed by atoms with Crippen molar-refractivity contribution >= 4 is 21.8 Å². The number of ether oxygens (including phenoxy) is 1. The zero-order chi connectivity index (χ0) is 24.2. The van der Waals surface area contributed by atoms with Gasteiger partial charge in [-0.05, 0) is 50.2 Å². The van der Waals surface area contributed by atoms with Crippen LogP contribution in [-0.4, -0.2) is 48.7 Å². The molecule has 0 aliphatic rings. The minimum absolute atomic E-state index is 0.00782. The number of hydrogen-bond donors (Lipinski definition) is 0. The van der Waals surface area contributed by atoms with Gasteiger partial charge in [0.2, 0.25) is 15.8 Å². The number of rotatable bonds is 10. The summed E-state index contributed by atoms with van der Waals surface area (Å²) in [5.74, 6) is -0.333. The number of benzene rings is 1. The lowest BCUT2D eigenvalue weighted by molar-refractivity contribution is 0.0474. The predicted octanol–water partition coefficient (Wildman–Crippen LogP) is 3.82. The lowest BCUT2D eigenvalue weighted by atomic mass is 10.1. The molecule has 0 fully saturated rings. The van der Waals surface area contributed by atoms with E-state index in [1.54, 1.807) is 32.2 Å². The second kappa shape index (κ2) is 10.2. The van der Waals surface area contributed by atoms with Crippen molar-refractivity contribution in [2.75, 3.05) is 19.7 Å². The summed E-state index contributed by atoms with van der Waals surface area (Å²) < 4.78 is 39.3. The van der Waals surface area contributed by atoms with Crippen molar-refractivity contribution in [3.05, 3.63) is 77.0 Å². The van der Waals surface area contributed by atoms with Gasteiger partial charge in [-0.25, -0.2) is 13.2 Å². The number of esters is 1. The van der Waals surface area contributed by atoms with Gasteiger partial charge in [0.15, 0.2) is 6.61 Å². The van der Waals surface area contributed by atoms with Gasteiger partial charge in [0.25, 0.3) is 0 Å². The molecule has 2 aromatic heterocycles. The molecule has 176 valence electrons. The monoisotopic (exact) mass is 472 g/mol. The smallest absolute Gasteiger partial charge is 0.338 e. The molecule has 3 aromatic rings. The van der Waals surface area contributed by atoms with Crippen LogP contribution in [0.3, 0.4) is 0 Å². The third kappa shape index (κ3) is 5.26. The number of furan rings is 1. The second-order valence-corrected chi connectivity index (χ2v) is 9.50. The molecule has 1 aromatic carbocycles. The maximum absolute atomic E-state index is 12.7. The van der Waals surface area contributed by atoms with E-state index in [0.717, 1.165) is 17.1 Å². The van der Waals surface area contributed by atoms with Crippen LogP contribution in [0.1, 0.15) is 51.7 Å². The summed E-state index contributed by atoms with van der Waals surface area (Å²) >= 11 is 0. The molecule has 0 saturated heterocycles. The van der Waals surface area contributed by atoms with E-state index in [2.05, 4.69) is 0 Å². The highest BCUT2D eigenvalue weighted by Crippen LogP contribution is 2.20. The fourth-order valence-electron chi connectivity index (χ4n) is 3.67. The Balaban J connectivity index is 1.71. The van der Waals surface area contributed by atoms with Crippen molar-refractivity contribution in [2.45, 2.75) is 39.1 Å². The van der Waals surface area contributed by atoms with E-state index >= 15 is 0 Å². The lowest BCUT2D eigenvalue weighted by Crippen LogP contribution is -2.30. The summed E-state index contributed by atoms with van der Waals surface area (Å²) in [6.07, 6.45) is 1.59. The minimum atomic E-state index is -3.71. The molecule has 0 spiro atoms. The zero-order valence-corrected chi connectivity index (χ0v) is 20.0. The highest BCUT2D eigenvalue weighted by atomic mass is 32.2. The normalized spacial score (nSPS) is 11.7. The molecular formula is C24H28N2O6S. The Hall–Kier alpha value is -3.17. The summed E-state index contributed by atoms with van der Waals surface area (Å²) in [4.78, 5) is 25.3. The van der Waals surface area contributed by atoms with Gasteiger partial charge in [-0.15, -0.1) is 0 Å². The zero-order valence-electron chi connectivity index (χ0n) is 19.2. The topological polar surface area (TPSA) is 98.8 Å². The molecule has 2 heterocycles. The number of carbonyl (C=O) groups is 2. The number of aryl methyl sites for hydroxylation is 1. The summed E-state index contributed by atoms with van der Waals surface area (Å²) in [5, 5.41) is 0. The van der Waals surface area contributed by atoms with Crippen LogP contribution in [0.25, 0.3) is 0 Å². The number of sulfonamides is 1. The number of carbonyl (C=O) groups excluding carboxylic acids is 2. The van der Waals surface area contributed by atoms with Crippen LogP contribution >= 0.6 is 0 Å². The van der Waals surface area contributed by atoms with Crippen LogP contribution in [0, 0.1) is 13.8 Å². The quantitative estimate of drug-likeness (QED) is 0.329. The Morgan fingerprint density at radius 3 is 2.42 bits per heavy atom. The van der Waals surface area contributed by atoms with Crippen molar-refractivity contribution in [1.29, 1.82) is 0 Å². The first-order valence-corrected chi connectivity index (χ1v) is 12.1. The van der Waals surface area contributed by atoms with Crippen molar-refractivity contribution in [2.24, 2.45) is 0 Å². The average Bonchev–Trinajstić information content (AvgIpc) is 3.42. The van der Waals surface area contributed by atoms with Crippen LogP contribution in [0.4, 0.5) is 0 Å². The highest BCUT2D eigenvalue weighted by Gasteiger charge is 2.23. The molecule has 0 aliphatic heterocycles. The van der Waals surface area contributed by atoms with Crippen molar-refractivity contribution < 1.29 is 27.2 Å². The Morgan fingerprint density at radius 2 is 1.79 bits per heavy atom. The second-order valence-electron chi connectivity index (χ2n) is 7.57. The van der Waals surface area contributed by atoms with Crippen LogP contribution in [0.5, 0.6) is 0 Å². The fraction of sp³-hybridized carbons (Fsp3) is 0.333. The van der Waals surface area contributed by atoms with E-state index in [-0.39, 0.29) is 16.2 Å². The van der Waals surface area contributed by atoms with Gasteiger partial charge in [-0.1, -0.05) is 19.9 Å². The first-order chi connectivity index (χ1) is 15.7. The summed E-state index contributed by atoms with van der Waals surface area (Å²) in [6.45, 7) is 7.89. The maximum Gasteiger partial charge on any atom is 0.338 e. The number of ketones is 1. The van der Waals surface area contributed by atoms with Gasteiger partial charge < -0.3 is 13.7 Å². The van der Waals surface area contributed by atoms with Gasteiger partial charge in [-0.3, -0.25) is 4.79 Å². The SMILES string of the molecule is CCN(CC)S(=O)(=O)c1cccc(C(=O)OCC(=O)c2cc(C)n(Cc3ccco3)c2C)c1. The highest BCUT2D eigenvalue weighted by molar-refractivity contribution is 7.89. The van der Waals surface area contributed by atoms with E-state index in [9.17, 15) is 18.0 Å². The van der Waals surface area contributed by atoms with Crippen LogP contribution in [0.15, 0.2) is 58.0 Å². The molecule has 0 atom stereocenters. The molecule has 3 rings (SSSR count). The Bertz CT molecular complexity index is 1240. The number of Topliss-reactive ketones (excluding diaryl/α,β-unsaturated/α-hetero) is 1. The molecule has 0 bridgehead atoms. The Labute approximate surface area is 193 Å². The molecule has 0 aliphatic carbocycles. The van der Waals surface area contributed by atoms with Crippen LogP contribution in [0.2, 0.25) is 0 Å². The number of aromatic nitrogens is 1. The third-order valence-electron chi connectivity index (χ3n) is 5.52. The number of hydrogen-bond acceptors (Lipinski definition) is 6. The first-order valence-electron chi connectivity index (χ1n) is 10.7. The first kappa shape index (κ1) is 24.5. The van der Waals surface area contributed by atoms with E-state index in [1.807, 2.05) is 24.5 Å². The molecule has 0 unspecified atom stereocenters. The molecule has 8 nitrogen and oxygen atoms in total. The Kier molecular flexibility index (Phi) is 7.55. The van der Waals surface area contributed by atoms with Gasteiger partial charge in [0, 0.05) is 30.0 Å². The van der Waals surface area contributed by atoms with Crippen LogP contribution in [-0.2, 0) is 21.3 Å². The summed E-state index contributed by atoms with van der Waals surface area (Å²) in [5.41, 5.74) is 2.16. The van der Waals surface area contributed by atoms with E-state index < -0.39 is 22.6 Å². The molecule has 0 saturated carbocycles. The van der Waals surface area contributed by atoms with Crippen molar-refractivity contribution in [1.82, 2.24) is 8.87 Å². The largest absolute Gasteiger partial charge is 0.467 e. The lowest BCUT2D eigenvalue weighted by Gasteiger charge is -2.18. The van der Waals surface area contributed by atoms with E-state index in [0.29, 0.717) is 25.2 Å². The van der Waals surface area contributed by atoms with E-state index in [4.69, 9.17) is 9.15 Å². The third-order valence-corrected chi connectivity index (χ3v) is 7.56. The maximum atomic E-state index is 12.7. The van der Waals surface area contributed by atoms with Gasteiger partial charge in [0.05, 0.1) is 23.3 Å². The molecular weight excluding hydrogens is 444 g/mol. The molecule has 0 radical (unpaired) electrons. The average molecular weight is 473 g/mol.